The Kier molecular flexibility index (Phi) is 7.35. The fraction of sp³-hybridized carbons (Fsp3) is 0.258. The van der Waals surface area contributed by atoms with Crippen molar-refractivity contribution in [3.63, 3.8) is 0 Å². The maximum Gasteiger partial charge on any atom is 0.301 e. The highest BCUT2D eigenvalue weighted by Gasteiger charge is 2.48. The van der Waals surface area contributed by atoms with Crippen molar-refractivity contribution in [2.75, 3.05) is 33.3 Å². The van der Waals surface area contributed by atoms with E-state index in [0.717, 1.165) is 26.9 Å². The number of hydrogen-bond donors (Lipinski definition) is 1. The molecule has 1 N–H and O–H groups in total. The Labute approximate surface area is 241 Å². The van der Waals surface area contributed by atoms with Gasteiger partial charge < -0.3 is 24.1 Å². The Morgan fingerprint density at radius 1 is 0.854 bits per heavy atom. The molecule has 9 nitrogen and oxygen atoms in total. The number of nitrogens with zero attached hydrogens (tertiary/aromatic N) is 2. The van der Waals surface area contributed by atoms with Gasteiger partial charge in [-0.15, -0.1) is 0 Å². The topological polar surface area (TPSA) is 107 Å². The SMILES string of the molecule is COc1ccc(C(O)=C2C(=O)C(=O)N(c3nc4c(C)cc(C)cc4s3)[C@H]2c2cc(OC)c(OC)c(OC)c2)cc1C. The molecule has 1 aromatic heterocycles. The van der Waals surface area contributed by atoms with Gasteiger partial charge in [-0.1, -0.05) is 17.4 Å². The van der Waals surface area contributed by atoms with Crippen molar-refractivity contribution in [2.24, 2.45) is 0 Å². The van der Waals surface area contributed by atoms with Crippen molar-refractivity contribution in [2.45, 2.75) is 26.8 Å². The number of fused-ring (bicyclic) bond motifs is 1. The molecule has 41 heavy (non-hydrogen) atoms. The first kappa shape index (κ1) is 28.0. The predicted octanol–water partition coefficient (Wildman–Crippen LogP) is 5.88. The van der Waals surface area contributed by atoms with Crippen molar-refractivity contribution in [3.8, 4) is 23.0 Å². The molecule has 0 radical (unpaired) electrons. The number of ether oxygens (including phenoxy) is 4. The van der Waals surface area contributed by atoms with E-state index in [1.54, 1.807) is 37.4 Å². The summed E-state index contributed by atoms with van der Waals surface area (Å²) < 4.78 is 22.9. The van der Waals surface area contributed by atoms with Crippen molar-refractivity contribution in [3.05, 3.63) is 75.9 Å². The van der Waals surface area contributed by atoms with E-state index in [4.69, 9.17) is 23.9 Å². The monoisotopic (exact) mass is 574 g/mol. The summed E-state index contributed by atoms with van der Waals surface area (Å²) in [4.78, 5) is 33.6. The molecule has 1 saturated heterocycles. The van der Waals surface area contributed by atoms with Gasteiger partial charge in [0.1, 0.15) is 11.5 Å². The second kappa shape index (κ2) is 10.8. The first-order valence-electron chi connectivity index (χ1n) is 12.8. The number of aliphatic hydroxyl groups is 1. The van der Waals surface area contributed by atoms with E-state index in [1.165, 1.54) is 37.6 Å². The number of hydrogen-bond acceptors (Lipinski definition) is 9. The summed E-state index contributed by atoms with van der Waals surface area (Å²) in [6, 6.07) is 11.4. The molecule has 4 aromatic rings. The number of rotatable bonds is 7. The average Bonchev–Trinajstić information content (AvgIpc) is 3.49. The summed E-state index contributed by atoms with van der Waals surface area (Å²) in [6.07, 6.45) is 0. The molecule has 1 aliphatic rings. The summed E-state index contributed by atoms with van der Waals surface area (Å²) in [5.41, 5.74) is 4.27. The molecule has 212 valence electrons. The smallest absolute Gasteiger partial charge is 0.301 e. The fourth-order valence-electron chi connectivity index (χ4n) is 5.25. The molecule has 5 rings (SSSR count). The Hall–Kier alpha value is -4.57. The second-order valence-corrected chi connectivity index (χ2v) is 10.7. The van der Waals surface area contributed by atoms with E-state index in [2.05, 4.69) is 0 Å². The first-order valence-corrected chi connectivity index (χ1v) is 13.6. The maximum atomic E-state index is 13.8. The molecule has 0 bridgehead atoms. The summed E-state index contributed by atoms with van der Waals surface area (Å²) in [5.74, 6) is -0.294. The Balaban J connectivity index is 1.80. The lowest BCUT2D eigenvalue weighted by Gasteiger charge is -2.24. The van der Waals surface area contributed by atoms with Crippen LogP contribution in [0.15, 0.2) is 48.0 Å². The lowest BCUT2D eigenvalue weighted by molar-refractivity contribution is -0.132. The van der Waals surface area contributed by atoms with Crippen LogP contribution in [0.4, 0.5) is 5.13 Å². The number of aromatic nitrogens is 1. The Bertz CT molecular complexity index is 1720. The van der Waals surface area contributed by atoms with Crippen molar-refractivity contribution in [1.82, 2.24) is 4.98 Å². The molecule has 10 heteroatoms. The number of anilines is 1. The molecule has 1 atom stereocenters. The van der Waals surface area contributed by atoms with Gasteiger partial charge in [-0.3, -0.25) is 14.5 Å². The van der Waals surface area contributed by atoms with Gasteiger partial charge in [0, 0.05) is 5.56 Å². The molecule has 1 amide bonds. The van der Waals surface area contributed by atoms with Crippen LogP contribution in [0.25, 0.3) is 16.0 Å². The van der Waals surface area contributed by atoms with E-state index in [-0.39, 0.29) is 11.3 Å². The minimum absolute atomic E-state index is 0.0824. The standard InChI is InChI=1S/C31H30N2O7S/c1-15-10-17(3)25-23(11-15)41-31(32-25)33-26(19-13-21(38-5)29(40-7)22(14-19)39-6)24(28(35)30(33)36)27(34)18-8-9-20(37-4)16(2)12-18/h8-14,26,34H,1-7H3/t26-/m0/s1. The van der Waals surface area contributed by atoms with Crippen molar-refractivity contribution < 1.29 is 33.6 Å². The lowest BCUT2D eigenvalue weighted by atomic mass is 9.94. The molecule has 0 aliphatic carbocycles. The molecule has 2 heterocycles. The number of aliphatic hydroxyl groups excluding tert-OH is 1. The van der Waals surface area contributed by atoms with E-state index in [0.29, 0.717) is 39.3 Å². The van der Waals surface area contributed by atoms with Crippen LogP contribution in [-0.4, -0.2) is 50.2 Å². The summed E-state index contributed by atoms with van der Waals surface area (Å²) in [5, 5.41) is 11.9. The number of amides is 1. The van der Waals surface area contributed by atoms with E-state index in [9.17, 15) is 14.7 Å². The second-order valence-electron chi connectivity index (χ2n) is 9.74. The number of carbonyl (C=O) groups excluding carboxylic acids is 2. The van der Waals surface area contributed by atoms with Gasteiger partial charge in [-0.05, 0) is 79.4 Å². The van der Waals surface area contributed by atoms with Gasteiger partial charge in [-0.25, -0.2) is 4.98 Å². The first-order chi connectivity index (χ1) is 19.6. The maximum absolute atomic E-state index is 13.8. The molecule has 1 fully saturated rings. The van der Waals surface area contributed by atoms with Gasteiger partial charge in [0.25, 0.3) is 5.78 Å². The summed E-state index contributed by atoms with van der Waals surface area (Å²) in [7, 11) is 6.01. The summed E-state index contributed by atoms with van der Waals surface area (Å²) >= 11 is 1.31. The minimum atomic E-state index is -1.03. The molecular weight excluding hydrogens is 544 g/mol. The van der Waals surface area contributed by atoms with Gasteiger partial charge >= 0.3 is 5.91 Å². The van der Waals surface area contributed by atoms with Crippen LogP contribution in [-0.2, 0) is 9.59 Å². The molecule has 3 aromatic carbocycles. The summed E-state index contributed by atoms with van der Waals surface area (Å²) in [6.45, 7) is 5.77. The fourth-order valence-corrected chi connectivity index (χ4v) is 6.42. The van der Waals surface area contributed by atoms with Crippen LogP contribution in [0.5, 0.6) is 23.0 Å². The lowest BCUT2D eigenvalue weighted by Crippen LogP contribution is -2.29. The Morgan fingerprint density at radius 3 is 2.10 bits per heavy atom. The number of aryl methyl sites for hydroxylation is 3. The van der Waals surface area contributed by atoms with Crippen LogP contribution in [0, 0.1) is 20.8 Å². The quantitative estimate of drug-likeness (QED) is 0.166. The third-order valence-corrected chi connectivity index (χ3v) is 8.14. The van der Waals surface area contributed by atoms with Crippen LogP contribution in [0.3, 0.4) is 0 Å². The number of carbonyl (C=O) groups is 2. The van der Waals surface area contributed by atoms with Crippen LogP contribution < -0.4 is 23.8 Å². The largest absolute Gasteiger partial charge is 0.507 e. The number of ketones is 1. The van der Waals surface area contributed by atoms with Gasteiger partial charge in [-0.2, -0.15) is 0 Å². The van der Waals surface area contributed by atoms with Crippen LogP contribution >= 0.6 is 11.3 Å². The number of benzene rings is 3. The zero-order valence-corrected chi connectivity index (χ0v) is 24.6. The highest BCUT2D eigenvalue weighted by atomic mass is 32.1. The average molecular weight is 575 g/mol. The highest BCUT2D eigenvalue weighted by Crippen LogP contribution is 2.48. The third-order valence-electron chi connectivity index (χ3n) is 7.14. The van der Waals surface area contributed by atoms with Crippen LogP contribution in [0.1, 0.15) is 33.9 Å². The normalized spacial score (nSPS) is 16.4. The van der Waals surface area contributed by atoms with Gasteiger partial charge in [0.15, 0.2) is 16.6 Å². The van der Waals surface area contributed by atoms with E-state index < -0.39 is 17.7 Å². The van der Waals surface area contributed by atoms with Crippen molar-refractivity contribution in [1.29, 1.82) is 0 Å². The molecular formula is C31H30N2O7S. The predicted molar refractivity (Wildman–Crippen MR) is 158 cm³/mol. The molecule has 1 aliphatic heterocycles. The van der Waals surface area contributed by atoms with Gasteiger partial charge in [0.2, 0.25) is 5.75 Å². The number of methoxy groups -OCH3 is 4. The van der Waals surface area contributed by atoms with Crippen LogP contribution in [0.2, 0.25) is 0 Å². The van der Waals surface area contributed by atoms with Gasteiger partial charge in [0.05, 0.1) is 50.3 Å². The zero-order valence-electron chi connectivity index (χ0n) is 23.8. The van der Waals surface area contributed by atoms with E-state index >= 15 is 0 Å². The number of Topliss-reactive ketones (excluding diaryl/α,β-unsaturated/α-hetero) is 1. The molecule has 0 spiro atoms. The van der Waals surface area contributed by atoms with Crippen molar-refractivity contribution >= 4 is 44.1 Å². The number of thiazole rings is 1. The Morgan fingerprint density at radius 2 is 1.51 bits per heavy atom. The minimum Gasteiger partial charge on any atom is -0.507 e. The van der Waals surface area contributed by atoms with E-state index in [1.807, 2.05) is 32.9 Å². The third kappa shape index (κ3) is 4.63. The molecule has 0 unspecified atom stereocenters. The zero-order chi connectivity index (χ0) is 29.6. The molecule has 0 saturated carbocycles. The highest BCUT2D eigenvalue weighted by molar-refractivity contribution is 7.22.